The number of hydrogen-bond acceptors (Lipinski definition) is 5. The van der Waals surface area contributed by atoms with Gasteiger partial charge in [-0.15, -0.1) is 11.8 Å². The molecule has 112 valence electrons. The maximum Gasteiger partial charge on any atom is 0.229 e. The number of thioether (sulfide) groups is 1. The van der Waals surface area contributed by atoms with Crippen LogP contribution in [0, 0.1) is 0 Å². The summed E-state index contributed by atoms with van der Waals surface area (Å²) in [5.74, 6) is 0.379. The molecule has 22 heavy (non-hydrogen) atoms. The van der Waals surface area contributed by atoms with Crippen LogP contribution >= 0.6 is 11.8 Å². The zero-order chi connectivity index (χ0) is 15.7. The Hall–Kier alpha value is -2.54. The molecule has 0 fully saturated rings. The molecule has 0 saturated heterocycles. The summed E-state index contributed by atoms with van der Waals surface area (Å²) < 4.78 is 1.78. The zero-order valence-electron chi connectivity index (χ0n) is 12.2. The highest BCUT2D eigenvalue weighted by Crippen LogP contribution is 2.36. The molecule has 0 spiro atoms. The molecule has 1 amide bonds. The summed E-state index contributed by atoms with van der Waals surface area (Å²) in [6.45, 7) is 1.51. The minimum absolute atomic E-state index is 0.128. The van der Waals surface area contributed by atoms with Crippen LogP contribution in [0.1, 0.15) is 6.92 Å². The van der Waals surface area contributed by atoms with Crippen LogP contribution in [0.5, 0.6) is 0 Å². The number of carbonyl (C=O) groups is 1. The first kappa shape index (κ1) is 14.4. The van der Waals surface area contributed by atoms with Crippen molar-refractivity contribution in [3.05, 3.63) is 42.9 Å². The van der Waals surface area contributed by atoms with Crippen LogP contribution in [0.25, 0.3) is 5.52 Å². The number of nitrogens with zero attached hydrogens (tertiary/aromatic N) is 4. The minimum Gasteiger partial charge on any atom is -0.399 e. The second-order valence-electron chi connectivity index (χ2n) is 4.70. The Bertz CT molecular complexity index is 845. The number of rotatable bonds is 3. The van der Waals surface area contributed by atoms with Crippen molar-refractivity contribution in [2.75, 3.05) is 16.9 Å². The van der Waals surface area contributed by atoms with Crippen molar-refractivity contribution in [2.24, 2.45) is 0 Å². The van der Waals surface area contributed by atoms with Crippen LogP contribution in [0.15, 0.2) is 47.8 Å². The lowest BCUT2D eigenvalue weighted by Gasteiger charge is -2.23. The van der Waals surface area contributed by atoms with E-state index in [-0.39, 0.29) is 5.91 Å². The third-order valence-electron chi connectivity index (χ3n) is 3.27. The van der Waals surface area contributed by atoms with Crippen LogP contribution in [0.2, 0.25) is 0 Å². The molecule has 0 unspecified atom stereocenters. The molecule has 3 rings (SSSR count). The van der Waals surface area contributed by atoms with Crippen LogP contribution in [-0.4, -0.2) is 26.8 Å². The number of nitrogens with two attached hydrogens (primary N) is 1. The largest absolute Gasteiger partial charge is 0.399 e. The lowest BCUT2D eigenvalue weighted by atomic mass is 10.3. The molecular weight excluding hydrogens is 298 g/mol. The van der Waals surface area contributed by atoms with Gasteiger partial charge in [-0.3, -0.25) is 9.69 Å². The molecular formula is C15H15N5OS. The normalized spacial score (nSPS) is 10.8. The molecule has 2 N–H and O–H groups in total. The molecule has 0 atom stereocenters. The highest BCUT2D eigenvalue weighted by Gasteiger charge is 2.20. The van der Waals surface area contributed by atoms with Gasteiger partial charge in [0.25, 0.3) is 0 Å². The van der Waals surface area contributed by atoms with E-state index in [0.29, 0.717) is 11.5 Å². The van der Waals surface area contributed by atoms with Gasteiger partial charge in [0.2, 0.25) is 5.91 Å². The van der Waals surface area contributed by atoms with Gasteiger partial charge >= 0.3 is 0 Å². The first-order valence-corrected chi connectivity index (χ1v) is 7.87. The predicted octanol–water partition coefficient (Wildman–Crippen LogP) is 2.72. The number of amides is 1. The van der Waals surface area contributed by atoms with Crippen LogP contribution in [-0.2, 0) is 4.79 Å². The summed E-state index contributed by atoms with van der Waals surface area (Å²) in [5.41, 5.74) is 8.10. The van der Waals surface area contributed by atoms with Crippen molar-refractivity contribution in [1.82, 2.24) is 14.6 Å². The topological polar surface area (TPSA) is 76.5 Å². The second kappa shape index (κ2) is 5.69. The van der Waals surface area contributed by atoms with E-state index in [9.17, 15) is 4.79 Å². The average molecular weight is 313 g/mol. The van der Waals surface area contributed by atoms with Gasteiger partial charge < -0.3 is 5.73 Å². The number of anilines is 3. The molecule has 0 aromatic carbocycles. The van der Waals surface area contributed by atoms with Crippen molar-refractivity contribution in [3.63, 3.8) is 0 Å². The van der Waals surface area contributed by atoms with Gasteiger partial charge in [0.05, 0.1) is 22.3 Å². The molecule has 0 radical (unpaired) electrons. The Morgan fingerprint density at radius 2 is 2.14 bits per heavy atom. The molecule has 0 aliphatic rings. The summed E-state index contributed by atoms with van der Waals surface area (Å²) in [7, 11) is 0. The van der Waals surface area contributed by atoms with E-state index in [1.807, 2.05) is 24.6 Å². The number of carbonyl (C=O) groups excluding carboxylic acids is 1. The van der Waals surface area contributed by atoms with E-state index in [1.165, 1.54) is 6.92 Å². The van der Waals surface area contributed by atoms with Gasteiger partial charge in [-0.2, -0.15) is 5.10 Å². The quantitative estimate of drug-likeness (QED) is 0.752. The Morgan fingerprint density at radius 3 is 2.82 bits per heavy atom. The van der Waals surface area contributed by atoms with Crippen molar-refractivity contribution in [2.45, 2.75) is 11.8 Å². The predicted molar refractivity (Wildman–Crippen MR) is 88.4 cm³/mol. The molecule has 0 bridgehead atoms. The van der Waals surface area contributed by atoms with Gasteiger partial charge in [0.1, 0.15) is 5.82 Å². The fourth-order valence-corrected chi connectivity index (χ4v) is 3.10. The van der Waals surface area contributed by atoms with Crippen molar-refractivity contribution in [1.29, 1.82) is 0 Å². The summed E-state index contributed by atoms with van der Waals surface area (Å²) in [6.07, 6.45) is 7.12. The molecule has 3 heterocycles. The van der Waals surface area contributed by atoms with E-state index < -0.39 is 0 Å². The van der Waals surface area contributed by atoms with E-state index in [4.69, 9.17) is 5.73 Å². The minimum atomic E-state index is -0.128. The first-order chi connectivity index (χ1) is 10.6. The van der Waals surface area contributed by atoms with Crippen LogP contribution < -0.4 is 10.6 Å². The summed E-state index contributed by atoms with van der Waals surface area (Å²) in [4.78, 5) is 19.0. The lowest BCUT2D eigenvalue weighted by molar-refractivity contribution is -0.115. The molecule has 0 aliphatic carbocycles. The summed E-state index contributed by atoms with van der Waals surface area (Å²) in [6, 6.07) is 7.15. The van der Waals surface area contributed by atoms with Gasteiger partial charge in [-0.1, -0.05) is 0 Å². The van der Waals surface area contributed by atoms with Gasteiger partial charge in [0, 0.05) is 31.1 Å². The summed E-state index contributed by atoms with van der Waals surface area (Å²) >= 11 is 1.56. The fourth-order valence-electron chi connectivity index (χ4n) is 2.36. The van der Waals surface area contributed by atoms with Gasteiger partial charge in [0.15, 0.2) is 0 Å². The maximum absolute atomic E-state index is 12.2. The van der Waals surface area contributed by atoms with Crippen molar-refractivity contribution < 1.29 is 4.79 Å². The van der Waals surface area contributed by atoms with Gasteiger partial charge in [-0.25, -0.2) is 9.50 Å². The fraction of sp³-hybridized carbons (Fsp3) is 0.133. The van der Waals surface area contributed by atoms with Crippen molar-refractivity contribution >= 4 is 40.4 Å². The smallest absolute Gasteiger partial charge is 0.229 e. The third-order valence-corrected chi connectivity index (χ3v) is 4.09. The Labute approximate surface area is 131 Å². The standard InChI is InChI=1S/C15H15N5OS/c1-10(21)20(14-9-11(16)3-6-17-14)13-5-8-19-12(4-7-18-19)15(13)22-2/h3-9H,1-2H3,(H2,16,17). The Kier molecular flexibility index (Phi) is 3.72. The maximum atomic E-state index is 12.2. The number of aromatic nitrogens is 3. The van der Waals surface area contributed by atoms with E-state index in [2.05, 4.69) is 10.1 Å². The number of nitrogen functional groups attached to an aromatic ring is 1. The zero-order valence-corrected chi connectivity index (χ0v) is 13.0. The highest BCUT2D eigenvalue weighted by atomic mass is 32.2. The number of pyridine rings is 2. The monoisotopic (exact) mass is 313 g/mol. The first-order valence-electron chi connectivity index (χ1n) is 6.64. The molecule has 0 saturated carbocycles. The number of hydrogen-bond donors (Lipinski definition) is 1. The van der Waals surface area contributed by atoms with Crippen molar-refractivity contribution in [3.8, 4) is 0 Å². The number of fused-ring (bicyclic) bond motifs is 1. The highest BCUT2D eigenvalue weighted by molar-refractivity contribution is 7.99. The van der Waals surface area contributed by atoms with E-state index >= 15 is 0 Å². The van der Waals surface area contributed by atoms with Crippen LogP contribution in [0.4, 0.5) is 17.2 Å². The lowest BCUT2D eigenvalue weighted by Crippen LogP contribution is -2.24. The van der Waals surface area contributed by atoms with E-state index in [1.54, 1.807) is 45.7 Å². The molecule has 6 nitrogen and oxygen atoms in total. The molecule has 7 heteroatoms. The summed E-state index contributed by atoms with van der Waals surface area (Å²) in [5, 5.41) is 4.22. The SMILES string of the molecule is CSc1c(N(C(C)=O)c2cc(N)ccn2)ccn2nccc12. The van der Waals surface area contributed by atoms with E-state index in [0.717, 1.165) is 16.1 Å². The third kappa shape index (κ3) is 2.39. The average Bonchev–Trinajstić information content (AvgIpc) is 2.95. The Balaban J connectivity index is 2.23. The Morgan fingerprint density at radius 1 is 1.32 bits per heavy atom. The second-order valence-corrected chi connectivity index (χ2v) is 5.51. The van der Waals surface area contributed by atoms with Gasteiger partial charge in [-0.05, 0) is 24.5 Å². The molecule has 3 aromatic heterocycles. The molecule has 0 aliphatic heterocycles. The molecule has 3 aromatic rings. The van der Waals surface area contributed by atoms with Crippen LogP contribution in [0.3, 0.4) is 0 Å².